The number of urea groups is 1. The molecule has 8 heteroatoms. The van der Waals surface area contributed by atoms with Gasteiger partial charge in [0, 0.05) is 32.2 Å². The molecule has 1 N–H and O–H groups in total. The molecule has 1 aliphatic heterocycles. The van der Waals surface area contributed by atoms with Gasteiger partial charge in [0.1, 0.15) is 0 Å². The van der Waals surface area contributed by atoms with Gasteiger partial charge < -0.3 is 14.7 Å². The molecule has 0 aliphatic carbocycles. The normalized spacial score (nSPS) is 16.5. The van der Waals surface area contributed by atoms with Crippen molar-refractivity contribution in [1.29, 1.82) is 0 Å². The standard InChI is InChI=1S/C18H22Cl2N4O2/c1-12-9-15(26-22-12)11-23-5-7-24(8-6-23)18(25)21-13(2)14-3-4-16(19)17(20)10-14/h3-4,9-10,13H,5-8,11H2,1-2H3,(H,21,25). The predicted octanol–water partition coefficient (Wildman–Crippen LogP) is 3.88. The Morgan fingerprint density at radius 1 is 1.23 bits per heavy atom. The number of piperazine rings is 1. The van der Waals surface area contributed by atoms with Gasteiger partial charge >= 0.3 is 6.03 Å². The number of nitrogens with one attached hydrogen (secondary N) is 1. The average molecular weight is 397 g/mol. The van der Waals surface area contributed by atoms with Gasteiger partial charge in [0.15, 0.2) is 5.76 Å². The Bertz CT molecular complexity index is 772. The molecule has 2 amide bonds. The molecule has 2 aromatic rings. The lowest BCUT2D eigenvalue weighted by molar-refractivity contribution is 0.126. The van der Waals surface area contributed by atoms with E-state index in [0.29, 0.717) is 23.1 Å². The Hall–Kier alpha value is -1.76. The molecule has 1 aromatic carbocycles. The van der Waals surface area contributed by atoms with Crippen LogP contribution >= 0.6 is 23.2 Å². The van der Waals surface area contributed by atoms with Gasteiger partial charge in [-0.25, -0.2) is 4.79 Å². The number of aryl methyl sites for hydroxylation is 1. The van der Waals surface area contributed by atoms with Crippen molar-refractivity contribution in [2.24, 2.45) is 0 Å². The van der Waals surface area contributed by atoms with Gasteiger partial charge in [0.05, 0.1) is 28.3 Å². The summed E-state index contributed by atoms with van der Waals surface area (Å²) in [6.07, 6.45) is 0. The van der Waals surface area contributed by atoms with Gasteiger partial charge in [-0.1, -0.05) is 34.4 Å². The Morgan fingerprint density at radius 2 is 1.96 bits per heavy atom. The third-order valence-electron chi connectivity index (χ3n) is 4.50. The number of hydrogen-bond acceptors (Lipinski definition) is 4. The van der Waals surface area contributed by atoms with E-state index in [1.165, 1.54) is 0 Å². The lowest BCUT2D eigenvalue weighted by atomic mass is 10.1. The van der Waals surface area contributed by atoms with Crippen LogP contribution in [-0.2, 0) is 6.54 Å². The highest BCUT2D eigenvalue weighted by molar-refractivity contribution is 6.42. The SMILES string of the molecule is Cc1cc(CN2CCN(C(=O)NC(C)c3ccc(Cl)c(Cl)c3)CC2)on1. The second kappa shape index (κ2) is 8.29. The first-order valence-electron chi connectivity index (χ1n) is 8.57. The van der Waals surface area contributed by atoms with Crippen LogP contribution in [0.3, 0.4) is 0 Å². The molecule has 1 unspecified atom stereocenters. The van der Waals surface area contributed by atoms with Gasteiger partial charge in [-0.15, -0.1) is 0 Å². The van der Waals surface area contributed by atoms with Gasteiger partial charge in [0.25, 0.3) is 0 Å². The number of benzene rings is 1. The number of halogens is 2. The second-order valence-electron chi connectivity index (χ2n) is 6.54. The van der Waals surface area contributed by atoms with E-state index in [0.717, 1.165) is 36.7 Å². The van der Waals surface area contributed by atoms with E-state index in [4.69, 9.17) is 27.7 Å². The predicted molar refractivity (Wildman–Crippen MR) is 101 cm³/mol. The topological polar surface area (TPSA) is 61.6 Å². The van der Waals surface area contributed by atoms with Crippen LogP contribution < -0.4 is 5.32 Å². The summed E-state index contributed by atoms with van der Waals surface area (Å²) >= 11 is 12.0. The largest absolute Gasteiger partial charge is 0.360 e. The molecule has 1 fully saturated rings. The van der Waals surface area contributed by atoms with Crippen LogP contribution in [0.15, 0.2) is 28.8 Å². The van der Waals surface area contributed by atoms with Gasteiger partial charge in [-0.3, -0.25) is 4.90 Å². The zero-order chi connectivity index (χ0) is 18.7. The molecular weight excluding hydrogens is 375 g/mol. The Balaban J connectivity index is 1.49. The number of carbonyl (C=O) groups is 1. The molecular formula is C18H22Cl2N4O2. The van der Waals surface area contributed by atoms with Crippen LogP contribution in [0.1, 0.15) is 30.0 Å². The third kappa shape index (κ3) is 4.69. The smallest absolute Gasteiger partial charge is 0.317 e. The number of aromatic nitrogens is 1. The molecule has 0 saturated carbocycles. The number of hydrogen-bond donors (Lipinski definition) is 1. The summed E-state index contributed by atoms with van der Waals surface area (Å²) < 4.78 is 5.26. The third-order valence-corrected chi connectivity index (χ3v) is 5.24. The molecule has 0 bridgehead atoms. The van der Waals surface area contributed by atoms with Crippen molar-refractivity contribution in [1.82, 2.24) is 20.3 Å². The molecule has 6 nitrogen and oxygen atoms in total. The molecule has 26 heavy (non-hydrogen) atoms. The summed E-state index contributed by atoms with van der Waals surface area (Å²) in [7, 11) is 0. The minimum Gasteiger partial charge on any atom is -0.360 e. The Labute approximate surface area is 163 Å². The lowest BCUT2D eigenvalue weighted by Crippen LogP contribution is -2.51. The number of rotatable bonds is 4. The summed E-state index contributed by atoms with van der Waals surface area (Å²) in [6.45, 7) is 7.50. The Kier molecular flexibility index (Phi) is 6.06. The zero-order valence-corrected chi connectivity index (χ0v) is 16.3. The monoisotopic (exact) mass is 396 g/mol. The summed E-state index contributed by atoms with van der Waals surface area (Å²) in [4.78, 5) is 16.6. The molecule has 1 atom stereocenters. The maximum Gasteiger partial charge on any atom is 0.317 e. The average Bonchev–Trinajstić information content (AvgIpc) is 3.02. The van der Waals surface area contributed by atoms with Crippen molar-refractivity contribution in [2.45, 2.75) is 26.4 Å². The number of carbonyl (C=O) groups excluding carboxylic acids is 1. The van der Waals surface area contributed by atoms with Gasteiger partial charge in [-0.2, -0.15) is 0 Å². The fraction of sp³-hybridized carbons (Fsp3) is 0.444. The van der Waals surface area contributed by atoms with Crippen molar-refractivity contribution in [3.8, 4) is 0 Å². The molecule has 1 saturated heterocycles. The maximum atomic E-state index is 12.5. The first-order valence-corrected chi connectivity index (χ1v) is 9.33. The van der Waals surface area contributed by atoms with Crippen LogP contribution in [0.2, 0.25) is 10.0 Å². The van der Waals surface area contributed by atoms with Crippen molar-refractivity contribution in [2.75, 3.05) is 26.2 Å². The summed E-state index contributed by atoms with van der Waals surface area (Å²) in [5.41, 5.74) is 1.81. The van der Waals surface area contributed by atoms with Crippen LogP contribution in [-0.4, -0.2) is 47.2 Å². The second-order valence-corrected chi connectivity index (χ2v) is 7.36. The van der Waals surface area contributed by atoms with Crippen molar-refractivity contribution in [3.05, 3.63) is 51.3 Å². The fourth-order valence-electron chi connectivity index (χ4n) is 2.96. The van der Waals surface area contributed by atoms with E-state index in [1.807, 2.05) is 30.9 Å². The van der Waals surface area contributed by atoms with E-state index < -0.39 is 0 Å². The van der Waals surface area contributed by atoms with Crippen LogP contribution in [0.4, 0.5) is 4.79 Å². The highest BCUT2D eigenvalue weighted by Crippen LogP contribution is 2.25. The maximum absolute atomic E-state index is 12.5. The molecule has 0 spiro atoms. The van der Waals surface area contributed by atoms with E-state index in [1.54, 1.807) is 12.1 Å². The van der Waals surface area contributed by atoms with E-state index in [-0.39, 0.29) is 12.1 Å². The molecule has 0 radical (unpaired) electrons. The minimum absolute atomic E-state index is 0.0706. The first kappa shape index (κ1) is 19.0. The number of amides is 2. The summed E-state index contributed by atoms with van der Waals surface area (Å²) in [5.74, 6) is 0.855. The molecule has 1 aliphatic rings. The van der Waals surface area contributed by atoms with Crippen LogP contribution in [0.25, 0.3) is 0 Å². The highest BCUT2D eigenvalue weighted by Gasteiger charge is 2.23. The first-order chi connectivity index (χ1) is 12.4. The van der Waals surface area contributed by atoms with E-state index in [9.17, 15) is 4.79 Å². The summed E-state index contributed by atoms with van der Waals surface area (Å²) in [6, 6.07) is 7.12. The molecule has 1 aromatic heterocycles. The van der Waals surface area contributed by atoms with Gasteiger partial charge in [0.2, 0.25) is 0 Å². The van der Waals surface area contributed by atoms with E-state index in [2.05, 4.69) is 15.4 Å². The van der Waals surface area contributed by atoms with Crippen LogP contribution in [0.5, 0.6) is 0 Å². The number of nitrogens with zero attached hydrogens (tertiary/aromatic N) is 3. The molecule has 3 rings (SSSR count). The quantitative estimate of drug-likeness (QED) is 0.851. The minimum atomic E-state index is -0.146. The Morgan fingerprint density at radius 3 is 2.58 bits per heavy atom. The van der Waals surface area contributed by atoms with Gasteiger partial charge in [-0.05, 0) is 31.5 Å². The van der Waals surface area contributed by atoms with Crippen molar-refractivity contribution in [3.63, 3.8) is 0 Å². The zero-order valence-electron chi connectivity index (χ0n) is 14.8. The molecule has 140 valence electrons. The van der Waals surface area contributed by atoms with E-state index >= 15 is 0 Å². The molecule has 2 heterocycles. The van der Waals surface area contributed by atoms with Crippen molar-refractivity contribution < 1.29 is 9.32 Å². The lowest BCUT2D eigenvalue weighted by Gasteiger charge is -2.34. The van der Waals surface area contributed by atoms with Crippen LogP contribution in [0, 0.1) is 6.92 Å². The highest BCUT2D eigenvalue weighted by atomic mass is 35.5. The van der Waals surface area contributed by atoms with Crippen molar-refractivity contribution >= 4 is 29.2 Å². The summed E-state index contributed by atoms with van der Waals surface area (Å²) in [5, 5.41) is 7.92. The fourth-order valence-corrected chi connectivity index (χ4v) is 3.27.